The molecule has 0 amide bonds. The van der Waals surface area contributed by atoms with Gasteiger partial charge >= 0.3 is 0 Å². The van der Waals surface area contributed by atoms with Gasteiger partial charge in [-0.15, -0.1) is 0 Å². The minimum atomic E-state index is -3.48. The summed E-state index contributed by atoms with van der Waals surface area (Å²) in [7, 11) is -1.91. The lowest BCUT2D eigenvalue weighted by Crippen LogP contribution is -2.28. The highest BCUT2D eigenvalue weighted by Crippen LogP contribution is 2.24. The van der Waals surface area contributed by atoms with Crippen LogP contribution in [0.5, 0.6) is 0 Å². The molecule has 0 aliphatic carbocycles. The summed E-state index contributed by atoms with van der Waals surface area (Å²) in [5.74, 6) is 0.456. The van der Waals surface area contributed by atoms with Crippen molar-refractivity contribution in [3.8, 4) is 0 Å². The highest BCUT2D eigenvalue weighted by atomic mass is 35.5. The standard InChI is InChI=1S/C12H19ClN2O2S/c1-9(2)6-7-15(3)18(16,17)10-4-5-12(14)11(13)8-10/h4-5,8-9H,6-7,14H2,1-3H3. The van der Waals surface area contributed by atoms with Crippen LogP contribution in [0.1, 0.15) is 20.3 Å². The number of sulfonamides is 1. The molecule has 0 atom stereocenters. The normalized spacial score (nSPS) is 12.3. The third-order valence-electron chi connectivity index (χ3n) is 2.70. The van der Waals surface area contributed by atoms with Gasteiger partial charge in [0.05, 0.1) is 15.6 Å². The van der Waals surface area contributed by atoms with Crippen molar-refractivity contribution in [3.63, 3.8) is 0 Å². The minimum Gasteiger partial charge on any atom is -0.398 e. The van der Waals surface area contributed by atoms with Gasteiger partial charge in [-0.3, -0.25) is 0 Å². The number of rotatable bonds is 5. The van der Waals surface area contributed by atoms with Gasteiger partial charge in [0.1, 0.15) is 0 Å². The predicted octanol–water partition coefficient (Wildman–Crippen LogP) is 2.59. The third kappa shape index (κ3) is 3.60. The molecule has 0 aromatic heterocycles. The Morgan fingerprint density at radius 3 is 2.50 bits per heavy atom. The minimum absolute atomic E-state index is 0.174. The number of nitrogens with zero attached hydrogens (tertiary/aromatic N) is 1. The average molecular weight is 291 g/mol. The van der Waals surface area contributed by atoms with Crippen molar-refractivity contribution in [1.82, 2.24) is 4.31 Å². The summed E-state index contributed by atoms with van der Waals surface area (Å²) in [4.78, 5) is 0.174. The molecule has 1 aromatic carbocycles. The second kappa shape index (κ2) is 5.91. The van der Waals surface area contributed by atoms with Crippen LogP contribution in [-0.4, -0.2) is 26.3 Å². The third-order valence-corrected chi connectivity index (χ3v) is 4.88. The Balaban J connectivity index is 2.95. The zero-order chi connectivity index (χ0) is 13.9. The summed E-state index contributed by atoms with van der Waals surface area (Å²) in [5.41, 5.74) is 5.94. The number of halogens is 1. The number of nitrogen functional groups attached to an aromatic ring is 1. The van der Waals surface area contributed by atoms with Gasteiger partial charge in [-0.2, -0.15) is 0 Å². The fourth-order valence-corrected chi connectivity index (χ4v) is 2.87. The van der Waals surface area contributed by atoms with Crippen LogP contribution < -0.4 is 5.73 Å². The topological polar surface area (TPSA) is 63.4 Å². The molecule has 0 spiro atoms. The van der Waals surface area contributed by atoms with Crippen LogP contribution >= 0.6 is 11.6 Å². The van der Waals surface area contributed by atoms with Gasteiger partial charge in [0, 0.05) is 13.6 Å². The molecule has 0 saturated heterocycles. The molecule has 0 fully saturated rings. The van der Waals surface area contributed by atoms with Crippen LogP contribution in [0.2, 0.25) is 5.02 Å². The zero-order valence-electron chi connectivity index (χ0n) is 10.9. The number of hydrogen-bond acceptors (Lipinski definition) is 3. The van der Waals surface area contributed by atoms with Crippen LogP contribution in [0.25, 0.3) is 0 Å². The monoisotopic (exact) mass is 290 g/mol. The molecule has 6 heteroatoms. The van der Waals surface area contributed by atoms with E-state index in [-0.39, 0.29) is 9.92 Å². The number of anilines is 1. The van der Waals surface area contributed by atoms with Crippen molar-refractivity contribution in [2.75, 3.05) is 19.3 Å². The highest BCUT2D eigenvalue weighted by Gasteiger charge is 2.21. The van der Waals surface area contributed by atoms with E-state index in [1.165, 1.54) is 22.5 Å². The van der Waals surface area contributed by atoms with Crippen molar-refractivity contribution in [1.29, 1.82) is 0 Å². The Labute approximate surface area is 114 Å². The molecule has 0 aliphatic rings. The van der Waals surface area contributed by atoms with Gasteiger partial charge in [-0.1, -0.05) is 25.4 Å². The molecule has 1 aromatic rings. The van der Waals surface area contributed by atoms with E-state index in [1.807, 2.05) is 0 Å². The smallest absolute Gasteiger partial charge is 0.242 e. The van der Waals surface area contributed by atoms with E-state index in [2.05, 4.69) is 13.8 Å². The Kier molecular flexibility index (Phi) is 5.01. The number of benzene rings is 1. The molecule has 0 aliphatic heterocycles. The quantitative estimate of drug-likeness (QED) is 0.848. The molecule has 0 unspecified atom stereocenters. The SMILES string of the molecule is CC(C)CCN(C)S(=O)(=O)c1ccc(N)c(Cl)c1. The molecule has 4 nitrogen and oxygen atoms in total. The van der Waals surface area contributed by atoms with Crippen LogP contribution in [0.4, 0.5) is 5.69 Å². The summed E-state index contributed by atoms with van der Waals surface area (Å²) in [6.45, 7) is 4.60. The first-order valence-corrected chi connectivity index (χ1v) is 7.58. The summed E-state index contributed by atoms with van der Waals surface area (Å²) in [5, 5.41) is 0.258. The maximum atomic E-state index is 12.2. The van der Waals surface area contributed by atoms with E-state index < -0.39 is 10.0 Å². The van der Waals surface area contributed by atoms with E-state index in [0.717, 1.165) is 6.42 Å². The molecule has 18 heavy (non-hydrogen) atoms. The molecule has 0 heterocycles. The molecule has 102 valence electrons. The van der Waals surface area contributed by atoms with E-state index in [4.69, 9.17) is 17.3 Å². The lowest BCUT2D eigenvalue weighted by Gasteiger charge is -2.18. The lowest BCUT2D eigenvalue weighted by atomic mass is 10.1. The van der Waals surface area contributed by atoms with Crippen molar-refractivity contribution in [2.24, 2.45) is 5.92 Å². The summed E-state index contributed by atoms with van der Waals surface area (Å²) in [6, 6.07) is 4.37. The molecular weight excluding hydrogens is 272 g/mol. The van der Waals surface area contributed by atoms with Crippen molar-refractivity contribution < 1.29 is 8.42 Å². The fraction of sp³-hybridized carbons (Fsp3) is 0.500. The van der Waals surface area contributed by atoms with Gasteiger partial charge in [0.15, 0.2) is 0 Å². The molecular formula is C12H19ClN2O2S. The largest absolute Gasteiger partial charge is 0.398 e. The van der Waals surface area contributed by atoms with Gasteiger partial charge in [0.25, 0.3) is 0 Å². The van der Waals surface area contributed by atoms with Gasteiger partial charge in [0.2, 0.25) is 10.0 Å². The zero-order valence-corrected chi connectivity index (χ0v) is 12.4. The summed E-state index contributed by atoms with van der Waals surface area (Å²) < 4.78 is 25.8. The second-order valence-electron chi connectivity index (χ2n) is 4.69. The first-order chi connectivity index (χ1) is 8.25. The van der Waals surface area contributed by atoms with E-state index in [9.17, 15) is 8.42 Å². The van der Waals surface area contributed by atoms with E-state index in [1.54, 1.807) is 7.05 Å². The van der Waals surface area contributed by atoms with Crippen LogP contribution in [-0.2, 0) is 10.0 Å². The van der Waals surface area contributed by atoms with Crippen molar-refractivity contribution in [2.45, 2.75) is 25.2 Å². The first kappa shape index (κ1) is 15.3. The maximum Gasteiger partial charge on any atom is 0.242 e. The molecule has 0 saturated carbocycles. The highest BCUT2D eigenvalue weighted by molar-refractivity contribution is 7.89. The number of nitrogens with two attached hydrogens (primary N) is 1. The van der Waals surface area contributed by atoms with Gasteiger partial charge in [-0.05, 0) is 30.5 Å². The van der Waals surface area contributed by atoms with Crippen molar-refractivity contribution in [3.05, 3.63) is 23.2 Å². The average Bonchev–Trinajstić information content (AvgIpc) is 2.29. The molecule has 2 N–H and O–H groups in total. The first-order valence-electron chi connectivity index (χ1n) is 5.76. The van der Waals surface area contributed by atoms with Crippen LogP contribution in [0, 0.1) is 5.92 Å². The molecule has 0 bridgehead atoms. The van der Waals surface area contributed by atoms with Gasteiger partial charge in [-0.25, -0.2) is 12.7 Å². The van der Waals surface area contributed by atoms with Gasteiger partial charge < -0.3 is 5.73 Å². The Hall–Kier alpha value is -0.780. The van der Waals surface area contributed by atoms with Crippen LogP contribution in [0.3, 0.4) is 0 Å². The Morgan fingerprint density at radius 1 is 1.39 bits per heavy atom. The van der Waals surface area contributed by atoms with Crippen molar-refractivity contribution >= 4 is 27.3 Å². The lowest BCUT2D eigenvalue weighted by molar-refractivity contribution is 0.428. The fourth-order valence-electron chi connectivity index (χ4n) is 1.41. The second-order valence-corrected chi connectivity index (χ2v) is 7.14. The Morgan fingerprint density at radius 2 is 2.00 bits per heavy atom. The summed E-state index contributed by atoms with van der Waals surface area (Å²) in [6.07, 6.45) is 0.818. The predicted molar refractivity (Wildman–Crippen MR) is 75.1 cm³/mol. The summed E-state index contributed by atoms with van der Waals surface area (Å²) >= 11 is 5.84. The molecule has 1 rings (SSSR count). The van der Waals surface area contributed by atoms with E-state index >= 15 is 0 Å². The molecule has 0 radical (unpaired) electrons. The Bertz CT molecular complexity index is 515. The van der Waals surface area contributed by atoms with Crippen LogP contribution in [0.15, 0.2) is 23.1 Å². The van der Waals surface area contributed by atoms with E-state index in [0.29, 0.717) is 18.2 Å². The maximum absolute atomic E-state index is 12.2. The number of hydrogen-bond donors (Lipinski definition) is 1.